The van der Waals surface area contributed by atoms with E-state index in [4.69, 9.17) is 4.74 Å². The van der Waals surface area contributed by atoms with E-state index in [0.717, 1.165) is 11.3 Å². The van der Waals surface area contributed by atoms with Crippen LogP contribution in [0.4, 0.5) is 4.79 Å². The third-order valence-corrected chi connectivity index (χ3v) is 3.77. The van der Waals surface area contributed by atoms with E-state index in [1.807, 2.05) is 57.2 Å². The van der Waals surface area contributed by atoms with E-state index in [2.05, 4.69) is 16.0 Å². The Morgan fingerprint density at radius 3 is 2.26 bits per heavy atom. The number of carbonyl (C=O) groups is 2. The summed E-state index contributed by atoms with van der Waals surface area (Å²) in [7, 11) is 0. The summed E-state index contributed by atoms with van der Waals surface area (Å²) in [6.45, 7) is 7.06. The number of rotatable bonds is 8. The summed E-state index contributed by atoms with van der Waals surface area (Å²) >= 11 is 0. The smallest absolute Gasteiger partial charge is 0.315 e. The van der Waals surface area contributed by atoms with Crippen molar-refractivity contribution in [1.29, 1.82) is 0 Å². The van der Waals surface area contributed by atoms with Crippen LogP contribution in [0.5, 0.6) is 5.75 Å². The summed E-state index contributed by atoms with van der Waals surface area (Å²) in [4.78, 5) is 23.7. The van der Waals surface area contributed by atoms with Gasteiger partial charge in [0.1, 0.15) is 12.4 Å². The Kier molecular flexibility index (Phi) is 7.67. The van der Waals surface area contributed by atoms with Gasteiger partial charge < -0.3 is 20.7 Å². The maximum atomic E-state index is 12.2. The number of benzene rings is 2. The number of urea groups is 1. The van der Waals surface area contributed by atoms with Crippen molar-refractivity contribution in [2.24, 2.45) is 0 Å². The topological polar surface area (TPSA) is 79.5 Å². The molecule has 2 aromatic carbocycles. The summed E-state index contributed by atoms with van der Waals surface area (Å²) in [6, 6.07) is 14.8. The molecule has 2 rings (SSSR count). The molecule has 3 amide bonds. The first-order valence-corrected chi connectivity index (χ1v) is 9.05. The van der Waals surface area contributed by atoms with Gasteiger partial charge in [0.15, 0.2) is 0 Å². The minimum atomic E-state index is -0.208. The van der Waals surface area contributed by atoms with Crippen molar-refractivity contribution in [2.75, 3.05) is 13.2 Å². The molecule has 0 atom stereocenters. The highest BCUT2D eigenvalue weighted by Crippen LogP contribution is 2.11. The van der Waals surface area contributed by atoms with Crippen LogP contribution in [0.15, 0.2) is 48.5 Å². The monoisotopic (exact) mass is 369 g/mol. The number of nitrogens with one attached hydrogen (secondary N) is 3. The van der Waals surface area contributed by atoms with E-state index in [-0.39, 0.29) is 18.0 Å². The van der Waals surface area contributed by atoms with E-state index >= 15 is 0 Å². The Bertz CT molecular complexity index is 740. The first-order valence-electron chi connectivity index (χ1n) is 9.05. The van der Waals surface area contributed by atoms with Crippen molar-refractivity contribution < 1.29 is 14.3 Å². The van der Waals surface area contributed by atoms with Crippen molar-refractivity contribution in [3.8, 4) is 5.75 Å². The second-order valence-electron chi connectivity index (χ2n) is 6.60. The SMILES string of the molecule is Cc1ccc(OCCNC(=O)c2ccc(CNC(=O)NC(C)C)cc2)cc1. The van der Waals surface area contributed by atoms with Crippen LogP contribution in [-0.2, 0) is 6.54 Å². The molecule has 0 unspecified atom stereocenters. The number of ether oxygens (including phenoxy) is 1. The van der Waals surface area contributed by atoms with E-state index < -0.39 is 0 Å². The molecule has 3 N–H and O–H groups in total. The summed E-state index contributed by atoms with van der Waals surface area (Å²) < 4.78 is 5.59. The quantitative estimate of drug-likeness (QED) is 0.626. The molecule has 0 aliphatic heterocycles. The lowest BCUT2D eigenvalue weighted by Gasteiger charge is -2.11. The van der Waals surface area contributed by atoms with Crippen molar-refractivity contribution in [3.63, 3.8) is 0 Å². The molecule has 0 radical (unpaired) electrons. The van der Waals surface area contributed by atoms with Gasteiger partial charge in [-0.3, -0.25) is 4.79 Å². The molecule has 27 heavy (non-hydrogen) atoms. The van der Waals surface area contributed by atoms with Gasteiger partial charge in [0.2, 0.25) is 0 Å². The Hall–Kier alpha value is -3.02. The number of amides is 3. The third-order valence-electron chi connectivity index (χ3n) is 3.77. The van der Waals surface area contributed by atoms with Crippen LogP contribution in [0, 0.1) is 6.92 Å². The summed E-state index contributed by atoms with van der Waals surface area (Å²) in [6.07, 6.45) is 0. The molecule has 6 nitrogen and oxygen atoms in total. The molecular weight excluding hydrogens is 342 g/mol. The average molecular weight is 369 g/mol. The molecule has 0 fully saturated rings. The maximum absolute atomic E-state index is 12.2. The number of carbonyl (C=O) groups excluding carboxylic acids is 2. The number of aryl methyl sites for hydroxylation is 1. The van der Waals surface area contributed by atoms with Crippen molar-refractivity contribution in [3.05, 3.63) is 65.2 Å². The van der Waals surface area contributed by atoms with Crippen molar-refractivity contribution in [1.82, 2.24) is 16.0 Å². The highest BCUT2D eigenvalue weighted by atomic mass is 16.5. The second kappa shape index (κ2) is 10.2. The second-order valence-corrected chi connectivity index (χ2v) is 6.60. The molecule has 0 aromatic heterocycles. The van der Waals surface area contributed by atoms with Gasteiger partial charge in [0.25, 0.3) is 5.91 Å². The lowest BCUT2D eigenvalue weighted by molar-refractivity contribution is 0.0947. The predicted octanol–water partition coefficient (Wildman–Crippen LogP) is 3.01. The molecule has 0 bridgehead atoms. The van der Waals surface area contributed by atoms with E-state index in [0.29, 0.717) is 25.3 Å². The van der Waals surface area contributed by atoms with Gasteiger partial charge in [-0.2, -0.15) is 0 Å². The molecule has 6 heteroatoms. The van der Waals surface area contributed by atoms with Crippen LogP contribution in [0.2, 0.25) is 0 Å². The first-order chi connectivity index (χ1) is 12.9. The van der Waals surface area contributed by atoms with Gasteiger partial charge in [-0.05, 0) is 50.6 Å². The number of hydrogen-bond acceptors (Lipinski definition) is 3. The summed E-state index contributed by atoms with van der Waals surface area (Å²) in [5, 5.41) is 8.36. The van der Waals surface area contributed by atoms with Gasteiger partial charge >= 0.3 is 6.03 Å². The third kappa shape index (κ3) is 7.40. The zero-order valence-electron chi connectivity index (χ0n) is 16.0. The van der Waals surface area contributed by atoms with Crippen LogP contribution in [0.1, 0.15) is 35.3 Å². The summed E-state index contributed by atoms with van der Waals surface area (Å²) in [5.41, 5.74) is 2.67. The fourth-order valence-electron chi connectivity index (χ4n) is 2.34. The Morgan fingerprint density at radius 1 is 0.963 bits per heavy atom. The normalized spacial score (nSPS) is 10.4. The highest BCUT2D eigenvalue weighted by Gasteiger charge is 2.06. The molecule has 144 valence electrons. The minimum Gasteiger partial charge on any atom is -0.492 e. The molecule has 0 spiro atoms. The molecule has 0 heterocycles. The summed E-state index contributed by atoms with van der Waals surface area (Å²) in [5.74, 6) is 0.632. The van der Waals surface area contributed by atoms with Crippen LogP contribution >= 0.6 is 0 Å². The minimum absolute atomic E-state index is 0.0889. The van der Waals surface area contributed by atoms with Gasteiger partial charge in [-0.25, -0.2) is 4.79 Å². The van der Waals surface area contributed by atoms with Gasteiger partial charge in [-0.1, -0.05) is 29.8 Å². The molecule has 0 saturated carbocycles. The maximum Gasteiger partial charge on any atom is 0.315 e. The first kappa shape index (κ1) is 20.3. The average Bonchev–Trinajstić information content (AvgIpc) is 2.64. The van der Waals surface area contributed by atoms with Gasteiger partial charge in [-0.15, -0.1) is 0 Å². The molecule has 2 aromatic rings. The molecule has 0 saturated heterocycles. The molecule has 0 aliphatic rings. The van der Waals surface area contributed by atoms with E-state index in [1.54, 1.807) is 12.1 Å². The highest BCUT2D eigenvalue weighted by molar-refractivity contribution is 5.94. The van der Waals surface area contributed by atoms with E-state index in [9.17, 15) is 9.59 Å². The zero-order chi connectivity index (χ0) is 19.6. The Labute approximate surface area is 160 Å². The zero-order valence-corrected chi connectivity index (χ0v) is 16.0. The van der Waals surface area contributed by atoms with Crippen molar-refractivity contribution >= 4 is 11.9 Å². The fourth-order valence-corrected chi connectivity index (χ4v) is 2.34. The Morgan fingerprint density at radius 2 is 1.63 bits per heavy atom. The van der Waals surface area contributed by atoms with Gasteiger partial charge in [0.05, 0.1) is 6.54 Å². The standard InChI is InChI=1S/C21H27N3O3/c1-15(2)24-21(26)23-14-17-6-8-18(9-7-17)20(25)22-12-13-27-19-10-4-16(3)5-11-19/h4-11,15H,12-14H2,1-3H3,(H,22,25)(H2,23,24,26). The largest absolute Gasteiger partial charge is 0.492 e. The van der Waals surface area contributed by atoms with Crippen molar-refractivity contribution in [2.45, 2.75) is 33.4 Å². The van der Waals surface area contributed by atoms with E-state index in [1.165, 1.54) is 5.56 Å². The molecular formula is C21H27N3O3. The predicted molar refractivity (Wildman–Crippen MR) is 106 cm³/mol. The van der Waals surface area contributed by atoms with Crippen LogP contribution in [0.25, 0.3) is 0 Å². The lowest BCUT2D eigenvalue weighted by atomic mass is 10.1. The van der Waals surface area contributed by atoms with Crippen LogP contribution in [0.3, 0.4) is 0 Å². The number of hydrogen-bond donors (Lipinski definition) is 3. The van der Waals surface area contributed by atoms with Crippen LogP contribution in [-0.4, -0.2) is 31.1 Å². The van der Waals surface area contributed by atoms with Gasteiger partial charge in [0, 0.05) is 18.2 Å². The fraction of sp³-hybridized carbons (Fsp3) is 0.333. The lowest BCUT2D eigenvalue weighted by Crippen LogP contribution is -2.39. The van der Waals surface area contributed by atoms with Crippen LogP contribution < -0.4 is 20.7 Å². The Balaban J connectivity index is 1.71. The molecule has 0 aliphatic carbocycles.